The molecular weight excluding hydrogens is 334 g/mol. The fraction of sp³-hybridized carbons (Fsp3) is 0.312. The fourth-order valence-electron chi connectivity index (χ4n) is 2.17. The topological polar surface area (TPSA) is 73.6 Å². The van der Waals surface area contributed by atoms with Crippen LogP contribution in [-0.4, -0.2) is 27.1 Å². The van der Waals surface area contributed by atoms with Gasteiger partial charge in [0.2, 0.25) is 0 Å². The van der Waals surface area contributed by atoms with Crippen molar-refractivity contribution in [3.8, 4) is 0 Å². The standard InChI is InChI=1S/C16H17NO4S2/c1-3-10(2)13(15(19)20)17-14(18)12(23-16(17)22)8-4-6-11-7-5-9-21-11/h4-10,13H,3H2,1-2H3,(H,19,20)/p-1/b6-4+,12-8-/t10-,13+/m1/s1. The molecule has 1 aromatic heterocycles. The maximum atomic E-state index is 12.5. The Kier molecular flexibility index (Phi) is 5.79. The molecule has 122 valence electrons. The summed E-state index contributed by atoms with van der Waals surface area (Å²) >= 11 is 6.27. The summed E-state index contributed by atoms with van der Waals surface area (Å²) in [5.74, 6) is -1.29. The molecule has 1 amide bonds. The highest BCUT2D eigenvalue weighted by molar-refractivity contribution is 8.26. The Morgan fingerprint density at radius 2 is 2.30 bits per heavy atom. The highest BCUT2D eigenvalue weighted by Crippen LogP contribution is 2.34. The Balaban J connectivity index is 2.20. The van der Waals surface area contributed by atoms with Crippen molar-refractivity contribution in [3.05, 3.63) is 41.2 Å². The van der Waals surface area contributed by atoms with Crippen LogP contribution in [-0.2, 0) is 9.59 Å². The van der Waals surface area contributed by atoms with Crippen molar-refractivity contribution >= 4 is 46.3 Å². The molecule has 0 aromatic carbocycles. The average Bonchev–Trinajstić information content (AvgIpc) is 3.11. The number of aliphatic carboxylic acids is 1. The number of thioether (sulfide) groups is 1. The summed E-state index contributed by atoms with van der Waals surface area (Å²) in [6, 6.07) is 2.49. The number of nitrogens with zero attached hydrogens (tertiary/aromatic N) is 1. The number of hydrogen-bond acceptors (Lipinski definition) is 6. The van der Waals surface area contributed by atoms with Crippen LogP contribution in [0, 0.1) is 5.92 Å². The molecule has 1 saturated heterocycles. The lowest BCUT2D eigenvalue weighted by Gasteiger charge is -2.32. The number of carboxylic acid groups (broad SMARTS) is 1. The third-order valence-corrected chi connectivity index (χ3v) is 4.93. The van der Waals surface area contributed by atoms with Crippen LogP contribution in [0.1, 0.15) is 26.0 Å². The van der Waals surface area contributed by atoms with E-state index in [9.17, 15) is 14.7 Å². The van der Waals surface area contributed by atoms with Gasteiger partial charge in [-0.3, -0.25) is 9.69 Å². The monoisotopic (exact) mass is 350 g/mol. The molecule has 0 saturated carbocycles. The Morgan fingerprint density at radius 1 is 1.57 bits per heavy atom. The minimum absolute atomic E-state index is 0.238. The second-order valence-corrected chi connectivity index (χ2v) is 6.77. The van der Waals surface area contributed by atoms with Gasteiger partial charge in [0.15, 0.2) is 0 Å². The van der Waals surface area contributed by atoms with E-state index < -0.39 is 17.9 Å². The normalized spacial score (nSPS) is 19.7. The summed E-state index contributed by atoms with van der Waals surface area (Å²) in [6.45, 7) is 3.62. The summed E-state index contributed by atoms with van der Waals surface area (Å²) < 4.78 is 5.39. The average molecular weight is 350 g/mol. The molecular formula is C16H16NO4S2-. The number of carboxylic acids is 1. The van der Waals surface area contributed by atoms with Crippen molar-refractivity contribution in [2.24, 2.45) is 5.92 Å². The largest absolute Gasteiger partial charge is 0.548 e. The summed E-state index contributed by atoms with van der Waals surface area (Å²) in [7, 11) is 0. The van der Waals surface area contributed by atoms with Gasteiger partial charge in [-0.05, 0) is 30.2 Å². The van der Waals surface area contributed by atoms with Gasteiger partial charge in [0.05, 0.1) is 23.2 Å². The second kappa shape index (κ2) is 7.61. The van der Waals surface area contributed by atoms with Crippen molar-refractivity contribution in [3.63, 3.8) is 0 Å². The third kappa shape index (κ3) is 3.92. The quantitative estimate of drug-likeness (QED) is 0.578. The lowest BCUT2D eigenvalue weighted by atomic mass is 9.98. The fourth-order valence-corrected chi connectivity index (χ4v) is 3.45. The van der Waals surface area contributed by atoms with Crippen LogP contribution in [0.15, 0.2) is 39.9 Å². The van der Waals surface area contributed by atoms with E-state index in [0.29, 0.717) is 17.1 Å². The lowest BCUT2D eigenvalue weighted by Crippen LogP contribution is -2.53. The number of furan rings is 1. The molecule has 0 aliphatic carbocycles. The smallest absolute Gasteiger partial charge is 0.266 e. The molecule has 1 aromatic rings. The molecule has 1 aliphatic rings. The first-order valence-electron chi connectivity index (χ1n) is 7.13. The van der Waals surface area contributed by atoms with Gasteiger partial charge < -0.3 is 14.3 Å². The van der Waals surface area contributed by atoms with Gasteiger partial charge in [0, 0.05) is 0 Å². The van der Waals surface area contributed by atoms with E-state index in [1.807, 2.05) is 6.92 Å². The number of amides is 1. The van der Waals surface area contributed by atoms with Gasteiger partial charge in [0.25, 0.3) is 5.91 Å². The predicted molar refractivity (Wildman–Crippen MR) is 91.1 cm³/mol. The van der Waals surface area contributed by atoms with Crippen LogP contribution in [0.4, 0.5) is 0 Å². The van der Waals surface area contributed by atoms with E-state index in [-0.39, 0.29) is 10.2 Å². The second-order valence-electron chi connectivity index (χ2n) is 5.10. The summed E-state index contributed by atoms with van der Waals surface area (Å²) in [5.41, 5.74) is 0. The molecule has 1 fully saturated rings. The molecule has 2 rings (SSSR count). The number of hydrogen-bond donors (Lipinski definition) is 0. The Hall–Kier alpha value is -1.86. The van der Waals surface area contributed by atoms with E-state index in [4.69, 9.17) is 16.6 Å². The SMILES string of the molecule is CC[C@@H](C)[C@@H](C(=O)[O-])N1C(=O)/C(=C/C=C/c2ccco2)SC1=S. The molecule has 2 heterocycles. The van der Waals surface area contributed by atoms with Crippen molar-refractivity contribution in [2.45, 2.75) is 26.3 Å². The van der Waals surface area contributed by atoms with E-state index in [2.05, 4.69) is 0 Å². The van der Waals surface area contributed by atoms with Crippen molar-refractivity contribution < 1.29 is 19.1 Å². The lowest BCUT2D eigenvalue weighted by molar-refractivity contribution is -0.311. The maximum Gasteiger partial charge on any atom is 0.266 e. The molecule has 0 N–H and O–H groups in total. The Morgan fingerprint density at radius 3 is 2.87 bits per heavy atom. The summed E-state index contributed by atoms with van der Waals surface area (Å²) in [5, 5.41) is 11.4. The maximum absolute atomic E-state index is 12.5. The molecule has 1 aliphatic heterocycles. The van der Waals surface area contributed by atoms with E-state index in [1.165, 1.54) is 0 Å². The molecule has 23 heavy (non-hydrogen) atoms. The minimum atomic E-state index is -1.29. The number of thiocarbonyl (C=S) groups is 1. The third-order valence-electron chi connectivity index (χ3n) is 3.58. The van der Waals surface area contributed by atoms with E-state index >= 15 is 0 Å². The van der Waals surface area contributed by atoms with Gasteiger partial charge in [-0.25, -0.2) is 0 Å². The van der Waals surface area contributed by atoms with Crippen LogP contribution in [0.3, 0.4) is 0 Å². The number of allylic oxidation sites excluding steroid dienone is 2. The van der Waals surface area contributed by atoms with Gasteiger partial charge in [-0.1, -0.05) is 50.3 Å². The zero-order chi connectivity index (χ0) is 17.0. The minimum Gasteiger partial charge on any atom is -0.548 e. The molecule has 2 atom stereocenters. The zero-order valence-corrected chi connectivity index (χ0v) is 14.4. The first-order valence-corrected chi connectivity index (χ1v) is 8.36. The van der Waals surface area contributed by atoms with Crippen molar-refractivity contribution in [1.82, 2.24) is 4.90 Å². The van der Waals surface area contributed by atoms with Crippen LogP contribution in [0.2, 0.25) is 0 Å². The van der Waals surface area contributed by atoms with E-state index in [1.54, 1.807) is 43.5 Å². The zero-order valence-electron chi connectivity index (χ0n) is 12.7. The van der Waals surface area contributed by atoms with Gasteiger partial charge in [0.1, 0.15) is 10.1 Å². The summed E-state index contributed by atoms with van der Waals surface area (Å²) in [4.78, 5) is 25.4. The highest BCUT2D eigenvalue weighted by atomic mass is 32.2. The Labute approximate surface area is 144 Å². The number of carbonyl (C=O) groups is 2. The molecule has 7 heteroatoms. The van der Waals surface area contributed by atoms with Gasteiger partial charge in [-0.15, -0.1) is 0 Å². The van der Waals surface area contributed by atoms with Crippen LogP contribution >= 0.6 is 24.0 Å². The first kappa shape index (κ1) is 17.5. The molecule has 0 bridgehead atoms. The number of carbonyl (C=O) groups excluding carboxylic acids is 2. The summed E-state index contributed by atoms with van der Waals surface area (Å²) in [6.07, 6.45) is 7.13. The number of rotatable bonds is 6. The molecule has 0 spiro atoms. The molecule has 0 unspecified atom stereocenters. The first-order chi connectivity index (χ1) is 11.0. The van der Waals surface area contributed by atoms with E-state index in [0.717, 1.165) is 16.7 Å². The van der Waals surface area contributed by atoms with Crippen LogP contribution < -0.4 is 5.11 Å². The highest BCUT2D eigenvalue weighted by Gasteiger charge is 2.39. The molecule has 5 nitrogen and oxygen atoms in total. The Bertz CT molecular complexity index is 664. The van der Waals surface area contributed by atoms with Crippen molar-refractivity contribution in [2.75, 3.05) is 0 Å². The van der Waals surface area contributed by atoms with Crippen LogP contribution in [0.25, 0.3) is 6.08 Å². The van der Waals surface area contributed by atoms with Crippen LogP contribution in [0.5, 0.6) is 0 Å². The van der Waals surface area contributed by atoms with Crippen molar-refractivity contribution in [1.29, 1.82) is 0 Å². The molecule has 0 radical (unpaired) electrons. The van der Waals surface area contributed by atoms with Gasteiger partial charge in [-0.2, -0.15) is 0 Å². The predicted octanol–water partition coefficient (Wildman–Crippen LogP) is 2.20. The van der Waals surface area contributed by atoms with Gasteiger partial charge >= 0.3 is 0 Å².